The maximum atomic E-state index is 11.7. The summed E-state index contributed by atoms with van der Waals surface area (Å²) in [4.78, 5) is 2.23. The fourth-order valence-corrected chi connectivity index (χ4v) is 4.61. The average molecular weight is 399 g/mol. The van der Waals surface area contributed by atoms with E-state index in [0.29, 0.717) is 26.2 Å². The third-order valence-electron chi connectivity index (χ3n) is 5.33. The van der Waals surface area contributed by atoms with Crippen molar-refractivity contribution in [1.82, 2.24) is 9.21 Å². The molecule has 0 bridgehead atoms. The van der Waals surface area contributed by atoms with Crippen molar-refractivity contribution < 1.29 is 23.0 Å². The lowest BCUT2D eigenvalue weighted by Crippen LogP contribution is -2.53. The number of aryl methyl sites for hydroxylation is 1. The monoisotopic (exact) mass is 398 g/mol. The number of sulfonamides is 1. The number of hydrogen-bond donors (Lipinski definition) is 1. The largest absolute Gasteiger partial charge is 0.490 e. The van der Waals surface area contributed by atoms with Gasteiger partial charge in [0.15, 0.2) is 0 Å². The summed E-state index contributed by atoms with van der Waals surface area (Å²) < 4.78 is 36.4. The van der Waals surface area contributed by atoms with Gasteiger partial charge in [-0.2, -0.15) is 0 Å². The number of nitrogens with zero attached hydrogens (tertiary/aromatic N) is 2. The second-order valence-electron chi connectivity index (χ2n) is 7.74. The number of piperidine rings is 1. The molecule has 2 aliphatic rings. The van der Waals surface area contributed by atoms with E-state index in [2.05, 4.69) is 4.90 Å². The van der Waals surface area contributed by atoms with Crippen molar-refractivity contribution >= 4 is 10.0 Å². The van der Waals surface area contributed by atoms with Crippen LogP contribution < -0.4 is 4.74 Å². The van der Waals surface area contributed by atoms with Crippen molar-refractivity contribution in [2.75, 3.05) is 52.3 Å². The second kappa shape index (κ2) is 8.45. The van der Waals surface area contributed by atoms with Gasteiger partial charge in [-0.15, -0.1) is 0 Å². The topological polar surface area (TPSA) is 79.3 Å². The molecule has 0 aliphatic carbocycles. The molecule has 2 heterocycles. The zero-order valence-corrected chi connectivity index (χ0v) is 17.0. The molecule has 1 aromatic carbocycles. The van der Waals surface area contributed by atoms with Crippen LogP contribution >= 0.6 is 0 Å². The van der Waals surface area contributed by atoms with Crippen LogP contribution in [0.15, 0.2) is 24.3 Å². The molecular formula is C19H30N2O5S. The molecule has 0 saturated carbocycles. The van der Waals surface area contributed by atoms with Gasteiger partial charge in [-0.25, -0.2) is 12.7 Å². The molecule has 8 heteroatoms. The van der Waals surface area contributed by atoms with E-state index in [1.807, 2.05) is 31.2 Å². The van der Waals surface area contributed by atoms with Gasteiger partial charge in [0.1, 0.15) is 18.0 Å². The Morgan fingerprint density at radius 2 is 1.89 bits per heavy atom. The molecule has 0 amide bonds. The van der Waals surface area contributed by atoms with E-state index in [9.17, 15) is 13.5 Å². The average Bonchev–Trinajstić information content (AvgIpc) is 2.83. The van der Waals surface area contributed by atoms with E-state index in [4.69, 9.17) is 9.47 Å². The van der Waals surface area contributed by atoms with Crippen LogP contribution in [0.25, 0.3) is 0 Å². The number of ether oxygens (including phenoxy) is 2. The molecule has 2 saturated heterocycles. The Morgan fingerprint density at radius 3 is 2.52 bits per heavy atom. The van der Waals surface area contributed by atoms with Crippen LogP contribution in [0.5, 0.6) is 5.75 Å². The van der Waals surface area contributed by atoms with Crippen molar-refractivity contribution in [2.45, 2.75) is 31.4 Å². The van der Waals surface area contributed by atoms with Crippen molar-refractivity contribution in [3.63, 3.8) is 0 Å². The number of aliphatic hydroxyl groups is 1. The van der Waals surface area contributed by atoms with Gasteiger partial charge in [-0.1, -0.05) is 17.7 Å². The van der Waals surface area contributed by atoms with Crippen LogP contribution in [0.2, 0.25) is 0 Å². The Bertz CT molecular complexity index is 716. The third kappa shape index (κ3) is 5.65. The van der Waals surface area contributed by atoms with Gasteiger partial charge in [0.2, 0.25) is 10.0 Å². The van der Waals surface area contributed by atoms with Crippen molar-refractivity contribution in [3.05, 3.63) is 29.8 Å². The smallest absolute Gasteiger partial charge is 0.211 e. The van der Waals surface area contributed by atoms with Crippen molar-refractivity contribution in [2.24, 2.45) is 0 Å². The summed E-state index contributed by atoms with van der Waals surface area (Å²) in [6.45, 7) is 5.21. The van der Waals surface area contributed by atoms with Gasteiger partial charge in [0.25, 0.3) is 0 Å². The summed E-state index contributed by atoms with van der Waals surface area (Å²) >= 11 is 0. The maximum absolute atomic E-state index is 11.7. The van der Waals surface area contributed by atoms with Gasteiger partial charge in [-0.3, -0.25) is 4.90 Å². The summed E-state index contributed by atoms with van der Waals surface area (Å²) in [6.07, 6.45) is 2.79. The molecule has 0 unspecified atom stereocenters. The lowest BCUT2D eigenvalue weighted by molar-refractivity contribution is -0.0684. The number of β-amino-alcohol motifs (C(OH)–C–C–N with tert-alkyl or cyclic N) is 1. The van der Waals surface area contributed by atoms with E-state index in [1.165, 1.54) is 10.6 Å². The third-order valence-corrected chi connectivity index (χ3v) is 6.63. The van der Waals surface area contributed by atoms with Crippen LogP contribution in [0, 0.1) is 6.92 Å². The van der Waals surface area contributed by atoms with E-state index >= 15 is 0 Å². The Balaban J connectivity index is 1.58. The molecule has 1 atom stereocenters. The Morgan fingerprint density at radius 1 is 1.22 bits per heavy atom. The lowest BCUT2D eigenvalue weighted by atomic mass is 10.0. The summed E-state index contributed by atoms with van der Waals surface area (Å²) in [6, 6.07) is 8.00. The van der Waals surface area contributed by atoms with Crippen LogP contribution in [0.3, 0.4) is 0 Å². The summed E-state index contributed by atoms with van der Waals surface area (Å²) in [5, 5.41) is 11.1. The zero-order valence-electron chi connectivity index (χ0n) is 16.1. The minimum Gasteiger partial charge on any atom is -0.490 e. The highest BCUT2D eigenvalue weighted by Crippen LogP contribution is 2.23. The number of hydrogen-bond acceptors (Lipinski definition) is 6. The summed E-state index contributed by atoms with van der Waals surface area (Å²) in [7, 11) is -3.13. The standard InChI is InChI=1S/C19H30N2O5S/c1-16-3-5-18(6-4-16)26-15-19(22)13-20(11-12-25-14-19)17-7-9-21(10-8-17)27(2,23)24/h3-6,17,22H,7-15H2,1-2H3/t19-/m0/s1. The Kier molecular flexibility index (Phi) is 6.43. The van der Waals surface area contributed by atoms with E-state index in [0.717, 1.165) is 30.7 Å². The highest BCUT2D eigenvalue weighted by molar-refractivity contribution is 7.88. The first kappa shape index (κ1) is 20.5. The van der Waals surface area contributed by atoms with Crippen molar-refractivity contribution in [1.29, 1.82) is 0 Å². The maximum Gasteiger partial charge on any atom is 0.211 e. The van der Waals surface area contributed by atoms with Gasteiger partial charge in [-0.05, 0) is 31.9 Å². The molecule has 1 aromatic rings. The molecule has 3 rings (SSSR count). The zero-order chi connectivity index (χ0) is 19.5. The first-order chi connectivity index (χ1) is 12.8. The van der Waals surface area contributed by atoms with E-state index in [-0.39, 0.29) is 19.3 Å². The minimum absolute atomic E-state index is 0.161. The Labute approximate surface area is 161 Å². The number of rotatable bonds is 5. The van der Waals surface area contributed by atoms with Gasteiger partial charge < -0.3 is 14.6 Å². The molecule has 2 aliphatic heterocycles. The first-order valence-corrected chi connectivity index (χ1v) is 11.3. The van der Waals surface area contributed by atoms with Crippen LogP contribution in [0.4, 0.5) is 0 Å². The quantitative estimate of drug-likeness (QED) is 0.793. The molecule has 152 valence electrons. The minimum atomic E-state index is -3.13. The first-order valence-electron chi connectivity index (χ1n) is 9.44. The summed E-state index contributed by atoms with van der Waals surface area (Å²) in [5.74, 6) is 0.728. The molecule has 0 radical (unpaired) electrons. The predicted molar refractivity (Wildman–Crippen MR) is 103 cm³/mol. The van der Waals surface area contributed by atoms with E-state index < -0.39 is 15.6 Å². The van der Waals surface area contributed by atoms with Crippen LogP contribution in [-0.2, 0) is 14.8 Å². The molecular weight excluding hydrogens is 368 g/mol. The van der Waals surface area contributed by atoms with Crippen LogP contribution in [-0.4, -0.2) is 86.6 Å². The van der Waals surface area contributed by atoms with E-state index in [1.54, 1.807) is 0 Å². The van der Waals surface area contributed by atoms with Crippen molar-refractivity contribution in [3.8, 4) is 5.75 Å². The molecule has 7 nitrogen and oxygen atoms in total. The fraction of sp³-hybridized carbons (Fsp3) is 0.684. The van der Waals surface area contributed by atoms with Gasteiger partial charge in [0.05, 0.1) is 19.5 Å². The highest BCUT2D eigenvalue weighted by Gasteiger charge is 2.37. The fourth-order valence-electron chi connectivity index (χ4n) is 3.74. The normalized spacial score (nSPS) is 26.6. The van der Waals surface area contributed by atoms with Gasteiger partial charge in [0, 0.05) is 32.2 Å². The molecule has 27 heavy (non-hydrogen) atoms. The highest BCUT2D eigenvalue weighted by atomic mass is 32.2. The lowest BCUT2D eigenvalue weighted by Gasteiger charge is -2.39. The second-order valence-corrected chi connectivity index (χ2v) is 9.72. The SMILES string of the molecule is Cc1ccc(OC[C@@]2(O)COCCN(C3CCN(S(C)(=O)=O)CC3)C2)cc1. The molecule has 0 spiro atoms. The predicted octanol–water partition coefficient (Wildman–Crippen LogP) is 0.861. The molecule has 0 aromatic heterocycles. The van der Waals surface area contributed by atoms with Gasteiger partial charge >= 0.3 is 0 Å². The molecule has 1 N–H and O–H groups in total. The number of benzene rings is 1. The molecule has 2 fully saturated rings. The summed E-state index contributed by atoms with van der Waals surface area (Å²) in [5.41, 5.74) is 0.0699. The van der Waals surface area contributed by atoms with Crippen LogP contribution in [0.1, 0.15) is 18.4 Å². The Hall–Kier alpha value is -1.19.